The summed E-state index contributed by atoms with van der Waals surface area (Å²) in [4.78, 5) is 11.6. The Morgan fingerprint density at radius 1 is 1.16 bits per heavy atom. The zero-order chi connectivity index (χ0) is 18.6. The van der Waals surface area contributed by atoms with Crippen LogP contribution in [-0.4, -0.2) is 24.5 Å². The fourth-order valence-electron chi connectivity index (χ4n) is 2.01. The number of aryl methyl sites for hydroxylation is 1. The maximum Gasteiger partial charge on any atom is 0.270 e. The number of amides is 1. The van der Waals surface area contributed by atoms with Gasteiger partial charge in [0.1, 0.15) is 0 Å². The van der Waals surface area contributed by atoms with Crippen molar-refractivity contribution >= 4 is 32.4 Å². The summed E-state index contributed by atoms with van der Waals surface area (Å²) < 4.78 is 27.3. The molecule has 1 atom stereocenters. The van der Waals surface area contributed by atoms with E-state index in [1.165, 1.54) is 5.56 Å². The van der Waals surface area contributed by atoms with E-state index in [1.54, 1.807) is 20.8 Å². The van der Waals surface area contributed by atoms with Gasteiger partial charge in [0.15, 0.2) is 0 Å². The molecule has 1 amide bonds. The Labute approximate surface area is 151 Å². The van der Waals surface area contributed by atoms with Gasteiger partial charge in [-0.25, -0.2) is 13.1 Å². The van der Waals surface area contributed by atoms with Crippen molar-refractivity contribution in [3.05, 3.63) is 35.4 Å². The van der Waals surface area contributed by atoms with Crippen LogP contribution in [0, 0.1) is 5.92 Å². The number of sulfonamides is 1. The molecule has 9 heteroatoms. The minimum Gasteiger partial charge on any atom is -0.300 e. The molecule has 0 fully saturated rings. The Morgan fingerprint density at radius 2 is 1.80 bits per heavy atom. The summed E-state index contributed by atoms with van der Waals surface area (Å²) in [7, 11) is -3.81. The Hall–Kier alpha value is -1.84. The van der Waals surface area contributed by atoms with Gasteiger partial charge in [-0.3, -0.25) is 4.79 Å². The lowest BCUT2D eigenvalue weighted by Gasteiger charge is -2.13. The summed E-state index contributed by atoms with van der Waals surface area (Å²) in [5.41, 5.74) is 2.05. The third-order valence-corrected chi connectivity index (χ3v) is 6.36. The predicted octanol–water partition coefficient (Wildman–Crippen LogP) is 2.73. The maximum absolute atomic E-state index is 12.5. The first kappa shape index (κ1) is 19.5. The van der Waals surface area contributed by atoms with Crippen molar-refractivity contribution in [3.63, 3.8) is 0 Å². The van der Waals surface area contributed by atoms with E-state index in [0.717, 1.165) is 23.3 Å². The van der Waals surface area contributed by atoms with Gasteiger partial charge in [-0.15, -0.1) is 10.2 Å². The quantitative estimate of drug-likeness (QED) is 0.717. The van der Waals surface area contributed by atoms with Gasteiger partial charge in [0.05, 0.1) is 0 Å². The number of anilines is 1. The summed E-state index contributed by atoms with van der Waals surface area (Å²) in [5.74, 6) is -0.467. The summed E-state index contributed by atoms with van der Waals surface area (Å²) in [6, 6.07) is 7.35. The molecule has 1 aromatic carbocycles. The van der Waals surface area contributed by atoms with E-state index in [-0.39, 0.29) is 21.3 Å². The average molecular weight is 383 g/mol. The Balaban J connectivity index is 2.10. The first-order valence-corrected chi connectivity index (χ1v) is 10.3. The molecule has 7 nitrogen and oxygen atoms in total. The van der Waals surface area contributed by atoms with Gasteiger partial charge in [0, 0.05) is 12.0 Å². The standard InChI is InChI=1S/C16H22N4O3S2/c1-5-12-6-8-13(9-7-12)11(4)20-25(22,23)16-19-18-15(24-16)17-14(21)10(2)3/h6-11,20H,5H2,1-4H3,(H,17,18,21)/t11-/m1/s1. The number of carbonyl (C=O) groups excluding carboxylic acids is 1. The second-order valence-corrected chi connectivity index (χ2v) is 8.82. The zero-order valence-electron chi connectivity index (χ0n) is 14.6. The van der Waals surface area contributed by atoms with Gasteiger partial charge in [0.25, 0.3) is 10.0 Å². The third kappa shape index (κ3) is 5.07. The summed E-state index contributed by atoms with van der Waals surface area (Å²) in [6.07, 6.45) is 0.927. The van der Waals surface area contributed by atoms with Crippen LogP contribution in [0.3, 0.4) is 0 Å². The first-order chi connectivity index (χ1) is 11.7. The number of rotatable bonds is 7. The van der Waals surface area contributed by atoms with E-state index in [0.29, 0.717) is 0 Å². The fraction of sp³-hybridized carbons (Fsp3) is 0.438. The van der Waals surface area contributed by atoms with Crippen molar-refractivity contribution in [2.45, 2.75) is 44.5 Å². The molecule has 0 radical (unpaired) electrons. The average Bonchev–Trinajstić information content (AvgIpc) is 3.04. The molecule has 0 saturated carbocycles. The van der Waals surface area contributed by atoms with Crippen molar-refractivity contribution in [1.82, 2.24) is 14.9 Å². The molecule has 25 heavy (non-hydrogen) atoms. The van der Waals surface area contributed by atoms with Crippen molar-refractivity contribution in [3.8, 4) is 0 Å². The highest BCUT2D eigenvalue weighted by Gasteiger charge is 2.24. The molecule has 1 aromatic heterocycles. The Kier molecular flexibility index (Phi) is 6.26. The van der Waals surface area contributed by atoms with Crippen LogP contribution in [0.25, 0.3) is 0 Å². The van der Waals surface area contributed by atoms with Crippen molar-refractivity contribution < 1.29 is 13.2 Å². The van der Waals surface area contributed by atoms with E-state index in [2.05, 4.69) is 27.2 Å². The van der Waals surface area contributed by atoms with Crippen LogP contribution < -0.4 is 10.0 Å². The van der Waals surface area contributed by atoms with E-state index < -0.39 is 16.1 Å². The highest BCUT2D eigenvalue weighted by atomic mass is 32.2. The second kappa shape index (κ2) is 8.03. The monoisotopic (exact) mass is 382 g/mol. The molecular formula is C16H22N4O3S2. The number of aromatic nitrogens is 2. The van der Waals surface area contributed by atoms with E-state index in [1.807, 2.05) is 24.3 Å². The van der Waals surface area contributed by atoms with Gasteiger partial charge in [-0.1, -0.05) is 56.4 Å². The van der Waals surface area contributed by atoms with E-state index in [4.69, 9.17) is 0 Å². The Morgan fingerprint density at radius 3 is 2.36 bits per heavy atom. The number of benzene rings is 1. The first-order valence-electron chi connectivity index (χ1n) is 7.98. The highest BCUT2D eigenvalue weighted by molar-refractivity contribution is 7.91. The molecule has 2 rings (SSSR count). The normalized spacial score (nSPS) is 13.0. The molecule has 1 heterocycles. The molecule has 0 spiro atoms. The number of hydrogen-bond acceptors (Lipinski definition) is 6. The van der Waals surface area contributed by atoms with Crippen LogP contribution in [0.1, 0.15) is 44.9 Å². The van der Waals surface area contributed by atoms with E-state index in [9.17, 15) is 13.2 Å². The maximum atomic E-state index is 12.5. The van der Waals surface area contributed by atoms with Crippen LogP contribution in [0.5, 0.6) is 0 Å². The summed E-state index contributed by atoms with van der Waals surface area (Å²) in [6.45, 7) is 7.30. The van der Waals surface area contributed by atoms with Crippen molar-refractivity contribution in [2.24, 2.45) is 5.92 Å². The van der Waals surface area contributed by atoms with Crippen LogP contribution >= 0.6 is 11.3 Å². The lowest BCUT2D eigenvalue weighted by atomic mass is 10.1. The minimum atomic E-state index is -3.81. The van der Waals surface area contributed by atoms with Gasteiger partial charge in [-0.2, -0.15) is 0 Å². The summed E-state index contributed by atoms with van der Waals surface area (Å²) >= 11 is 0.824. The smallest absolute Gasteiger partial charge is 0.270 e. The third-order valence-electron chi connectivity index (χ3n) is 3.61. The number of nitrogens with zero attached hydrogens (tertiary/aromatic N) is 2. The van der Waals surface area contributed by atoms with Gasteiger partial charge < -0.3 is 5.32 Å². The molecule has 0 unspecified atom stereocenters. The molecule has 0 aliphatic rings. The largest absolute Gasteiger partial charge is 0.300 e. The molecule has 0 bridgehead atoms. The van der Waals surface area contributed by atoms with Crippen LogP contribution in [0.2, 0.25) is 0 Å². The van der Waals surface area contributed by atoms with Crippen molar-refractivity contribution in [2.75, 3.05) is 5.32 Å². The number of carbonyl (C=O) groups is 1. The second-order valence-electron chi connectivity index (χ2n) is 5.96. The molecular weight excluding hydrogens is 360 g/mol. The Bertz CT molecular complexity index is 829. The molecule has 2 aromatic rings. The van der Waals surface area contributed by atoms with Crippen LogP contribution in [0.15, 0.2) is 28.6 Å². The lowest BCUT2D eigenvalue weighted by Crippen LogP contribution is -2.26. The van der Waals surface area contributed by atoms with Crippen molar-refractivity contribution in [1.29, 1.82) is 0 Å². The van der Waals surface area contributed by atoms with Gasteiger partial charge >= 0.3 is 0 Å². The summed E-state index contributed by atoms with van der Waals surface area (Å²) in [5, 5.41) is 10.1. The van der Waals surface area contributed by atoms with Crippen LogP contribution in [0.4, 0.5) is 5.13 Å². The molecule has 0 aliphatic heterocycles. The van der Waals surface area contributed by atoms with Gasteiger partial charge in [-0.05, 0) is 24.5 Å². The molecule has 0 aliphatic carbocycles. The predicted molar refractivity (Wildman–Crippen MR) is 97.9 cm³/mol. The number of nitrogens with one attached hydrogen (secondary N) is 2. The molecule has 2 N–H and O–H groups in total. The lowest BCUT2D eigenvalue weighted by molar-refractivity contribution is -0.118. The van der Waals surface area contributed by atoms with Crippen LogP contribution in [-0.2, 0) is 21.2 Å². The van der Waals surface area contributed by atoms with E-state index >= 15 is 0 Å². The van der Waals surface area contributed by atoms with Gasteiger partial charge in [0.2, 0.25) is 15.4 Å². The number of hydrogen-bond donors (Lipinski definition) is 2. The fourth-order valence-corrected chi connectivity index (χ4v) is 4.16. The molecule has 136 valence electrons. The topological polar surface area (TPSA) is 101 Å². The highest BCUT2D eigenvalue weighted by Crippen LogP contribution is 2.23. The zero-order valence-corrected chi connectivity index (χ0v) is 16.2. The molecule has 0 saturated heterocycles. The minimum absolute atomic E-state index is 0.166. The SMILES string of the molecule is CCc1ccc([C@@H](C)NS(=O)(=O)c2nnc(NC(=O)C(C)C)s2)cc1.